The minimum atomic E-state index is -1.04. The molecule has 18 heavy (non-hydrogen) atoms. The third-order valence-electron chi connectivity index (χ3n) is 2.83. The van der Waals surface area contributed by atoms with Crippen molar-refractivity contribution in [3.8, 4) is 0 Å². The maximum atomic E-state index is 12.5. The second-order valence-electron chi connectivity index (χ2n) is 6.59. The quantitative estimate of drug-likeness (QED) is 0.599. The molecule has 0 fully saturated rings. The van der Waals surface area contributed by atoms with Gasteiger partial charge in [-0.1, -0.05) is 36.6 Å². The molecule has 0 amide bonds. The zero-order valence-corrected chi connectivity index (χ0v) is 13.3. The number of fused-ring (bicyclic) bond motifs is 1. The summed E-state index contributed by atoms with van der Waals surface area (Å²) >= 11 is 0.582. The molecule has 0 aromatic heterocycles. The normalized spacial score (nSPS) is 21.1. The molecule has 1 aliphatic heterocycles. The summed E-state index contributed by atoms with van der Waals surface area (Å²) in [6, 6.07) is 7.97. The van der Waals surface area contributed by atoms with Crippen LogP contribution in [0.5, 0.6) is 0 Å². The highest BCUT2D eigenvalue weighted by Gasteiger charge is 2.46. The molecule has 1 heterocycles. The lowest BCUT2D eigenvalue weighted by atomic mass is 9.82. The highest BCUT2D eigenvalue weighted by molar-refractivity contribution is 8.11. The number of rotatable bonds is 2. The van der Waals surface area contributed by atoms with E-state index >= 15 is 0 Å². The third kappa shape index (κ3) is 2.87. The Bertz CT molecular complexity index is 440. The van der Waals surface area contributed by atoms with Crippen LogP contribution in [0.4, 0.5) is 0 Å². The lowest BCUT2D eigenvalue weighted by Gasteiger charge is -2.36. The van der Waals surface area contributed by atoms with Gasteiger partial charge in [0, 0.05) is 11.9 Å². The van der Waals surface area contributed by atoms with Crippen molar-refractivity contribution < 1.29 is 4.55 Å². The molecule has 4 heteroatoms. The van der Waals surface area contributed by atoms with Crippen LogP contribution in [0.1, 0.15) is 41.0 Å². The van der Waals surface area contributed by atoms with Crippen LogP contribution < -0.4 is 0 Å². The van der Waals surface area contributed by atoms with Gasteiger partial charge in [0.25, 0.3) is 0 Å². The van der Waals surface area contributed by atoms with Gasteiger partial charge in [0.15, 0.2) is 4.90 Å². The van der Waals surface area contributed by atoms with Crippen LogP contribution in [0, 0.1) is 5.41 Å². The van der Waals surface area contributed by atoms with Gasteiger partial charge in [-0.25, -0.2) is 0 Å². The Morgan fingerprint density at radius 2 is 1.78 bits per heavy atom. The summed E-state index contributed by atoms with van der Waals surface area (Å²) in [6.45, 7) is 11.0. The van der Waals surface area contributed by atoms with E-state index < -0.39 is 11.4 Å². The SMILES string of the molecule is CC(C)(C)CC(C)(C)N1Sc2ccccc2[S+]1[O-]. The molecule has 2 nitrogen and oxygen atoms in total. The van der Waals surface area contributed by atoms with E-state index in [4.69, 9.17) is 0 Å². The Kier molecular flexibility index (Phi) is 3.76. The summed E-state index contributed by atoms with van der Waals surface area (Å²) in [6.07, 6.45) is 1.01. The van der Waals surface area contributed by atoms with Crippen molar-refractivity contribution in [1.82, 2.24) is 3.71 Å². The van der Waals surface area contributed by atoms with Crippen molar-refractivity contribution in [1.29, 1.82) is 0 Å². The first-order chi connectivity index (χ1) is 8.21. The van der Waals surface area contributed by atoms with E-state index in [2.05, 4.69) is 34.6 Å². The first kappa shape index (κ1) is 14.3. The molecule has 0 N–H and O–H groups in total. The van der Waals surface area contributed by atoms with Gasteiger partial charge in [-0.3, -0.25) is 0 Å². The first-order valence-corrected chi connectivity index (χ1v) is 8.08. The molecular formula is C14H21NOS2. The number of nitrogens with zero attached hydrogens (tertiary/aromatic N) is 1. The van der Waals surface area contributed by atoms with E-state index in [0.29, 0.717) is 0 Å². The average Bonchev–Trinajstić information content (AvgIpc) is 2.54. The van der Waals surface area contributed by atoms with E-state index in [-0.39, 0.29) is 11.0 Å². The molecule has 2 rings (SSSR count). The maximum Gasteiger partial charge on any atom is 0.190 e. The lowest BCUT2D eigenvalue weighted by molar-refractivity contribution is 0.222. The molecule has 0 saturated carbocycles. The predicted octanol–water partition coefficient (Wildman–Crippen LogP) is 4.25. The monoisotopic (exact) mass is 283 g/mol. The van der Waals surface area contributed by atoms with Crippen LogP contribution in [-0.4, -0.2) is 13.8 Å². The average molecular weight is 283 g/mol. The maximum absolute atomic E-state index is 12.5. The van der Waals surface area contributed by atoms with Crippen LogP contribution in [0.25, 0.3) is 0 Å². The van der Waals surface area contributed by atoms with E-state index in [0.717, 1.165) is 16.2 Å². The van der Waals surface area contributed by atoms with Gasteiger partial charge >= 0.3 is 0 Å². The van der Waals surface area contributed by atoms with E-state index in [9.17, 15) is 4.55 Å². The van der Waals surface area contributed by atoms with Gasteiger partial charge in [0.1, 0.15) is 0 Å². The van der Waals surface area contributed by atoms with Crippen LogP contribution in [-0.2, 0) is 11.4 Å². The lowest BCUT2D eigenvalue weighted by Crippen LogP contribution is -2.43. The van der Waals surface area contributed by atoms with E-state index in [1.807, 2.05) is 28.0 Å². The van der Waals surface area contributed by atoms with Gasteiger partial charge in [-0.05, 0) is 37.8 Å². The number of hydrogen-bond donors (Lipinski definition) is 0. The smallest absolute Gasteiger partial charge is 0.190 e. The minimum absolute atomic E-state index is 0.0905. The zero-order chi connectivity index (χ0) is 13.6. The Balaban J connectivity index is 2.22. The van der Waals surface area contributed by atoms with Crippen LogP contribution in [0.15, 0.2) is 34.1 Å². The predicted molar refractivity (Wildman–Crippen MR) is 78.7 cm³/mol. The fraction of sp³-hybridized carbons (Fsp3) is 0.571. The second-order valence-corrected chi connectivity index (χ2v) is 9.12. The summed E-state index contributed by atoms with van der Waals surface area (Å²) < 4.78 is 14.6. The van der Waals surface area contributed by atoms with Gasteiger partial charge < -0.3 is 4.55 Å². The standard InChI is InChI=1S/C14H21NOS2/c1-13(2,3)10-14(4,5)15-17-11-8-6-7-9-12(11)18(15)16/h6-9H,10H2,1-5H3. The van der Waals surface area contributed by atoms with Crippen LogP contribution in [0.2, 0.25) is 0 Å². The molecule has 1 unspecified atom stereocenters. The van der Waals surface area contributed by atoms with Gasteiger partial charge in [0.05, 0.1) is 21.8 Å². The highest BCUT2D eigenvalue weighted by Crippen LogP contribution is 2.48. The molecule has 0 radical (unpaired) electrons. The number of hydrogen-bond acceptors (Lipinski definition) is 3. The van der Waals surface area contributed by atoms with Crippen molar-refractivity contribution in [2.24, 2.45) is 5.41 Å². The van der Waals surface area contributed by atoms with E-state index in [1.54, 1.807) is 11.9 Å². The molecular weight excluding hydrogens is 262 g/mol. The first-order valence-electron chi connectivity index (χ1n) is 6.20. The molecule has 100 valence electrons. The summed E-state index contributed by atoms with van der Waals surface area (Å²) in [4.78, 5) is 2.07. The van der Waals surface area contributed by atoms with Crippen molar-refractivity contribution >= 4 is 23.3 Å². The van der Waals surface area contributed by atoms with Crippen molar-refractivity contribution in [3.05, 3.63) is 24.3 Å². The summed E-state index contributed by atoms with van der Waals surface area (Å²) in [5, 5.41) is 0. The van der Waals surface area contributed by atoms with Crippen molar-refractivity contribution in [2.45, 2.75) is 56.4 Å². The summed E-state index contributed by atoms with van der Waals surface area (Å²) in [5.74, 6) is 0. The number of benzene rings is 1. The molecule has 1 aromatic rings. The second kappa shape index (κ2) is 4.75. The summed E-state index contributed by atoms with van der Waals surface area (Å²) in [7, 11) is 0. The minimum Gasteiger partial charge on any atom is -0.592 e. The Morgan fingerprint density at radius 3 is 2.33 bits per heavy atom. The largest absolute Gasteiger partial charge is 0.592 e. The topological polar surface area (TPSA) is 26.3 Å². The van der Waals surface area contributed by atoms with Gasteiger partial charge in [0.2, 0.25) is 0 Å². The van der Waals surface area contributed by atoms with Gasteiger partial charge in [-0.2, -0.15) is 0 Å². The van der Waals surface area contributed by atoms with Crippen molar-refractivity contribution in [3.63, 3.8) is 0 Å². The highest BCUT2D eigenvalue weighted by atomic mass is 32.3. The Morgan fingerprint density at radius 1 is 1.17 bits per heavy atom. The molecule has 1 aromatic carbocycles. The Hall–Kier alpha value is -0.160. The van der Waals surface area contributed by atoms with Gasteiger partial charge in [-0.15, -0.1) is 0 Å². The molecule has 0 spiro atoms. The molecule has 0 saturated heterocycles. The molecule has 0 bridgehead atoms. The van der Waals surface area contributed by atoms with Crippen LogP contribution in [0.3, 0.4) is 0 Å². The fourth-order valence-corrected chi connectivity index (χ4v) is 5.59. The molecule has 0 aliphatic carbocycles. The van der Waals surface area contributed by atoms with Crippen molar-refractivity contribution in [2.75, 3.05) is 0 Å². The van der Waals surface area contributed by atoms with E-state index in [1.165, 1.54) is 0 Å². The molecule has 1 aliphatic rings. The Labute approximate surface area is 118 Å². The zero-order valence-electron chi connectivity index (χ0n) is 11.7. The molecule has 1 atom stereocenters. The fourth-order valence-electron chi connectivity index (χ4n) is 2.59. The van der Waals surface area contributed by atoms with Crippen LogP contribution >= 0.6 is 11.9 Å². The summed E-state index contributed by atoms with van der Waals surface area (Å²) in [5.41, 5.74) is 0.135. The third-order valence-corrected chi connectivity index (χ3v) is 6.33.